The van der Waals surface area contributed by atoms with Gasteiger partial charge < -0.3 is 15.2 Å². The summed E-state index contributed by atoms with van der Waals surface area (Å²) in [4.78, 5) is 4.48. The fourth-order valence-corrected chi connectivity index (χ4v) is 3.29. The molecule has 23 heavy (non-hydrogen) atoms. The van der Waals surface area contributed by atoms with Gasteiger partial charge in [-0.1, -0.05) is 22.0 Å². The SMILES string of the molecule is COc1ccc([C@]2(c3cc(F)cc(Br)c3)COC(N)=N2)cc1C. The fraction of sp³-hybridized carbons (Fsp3) is 0.235. The molecule has 0 aromatic heterocycles. The third-order valence-electron chi connectivity index (χ3n) is 3.94. The van der Waals surface area contributed by atoms with Crippen LogP contribution < -0.4 is 10.5 Å². The molecule has 0 saturated heterocycles. The monoisotopic (exact) mass is 378 g/mol. The quantitative estimate of drug-likeness (QED) is 0.888. The zero-order valence-electron chi connectivity index (χ0n) is 12.8. The number of aryl methyl sites for hydroxylation is 1. The molecule has 0 radical (unpaired) electrons. The summed E-state index contributed by atoms with van der Waals surface area (Å²) in [6.07, 6.45) is 0. The first-order chi connectivity index (χ1) is 10.9. The van der Waals surface area contributed by atoms with E-state index >= 15 is 0 Å². The number of nitrogens with zero attached hydrogens (tertiary/aromatic N) is 1. The van der Waals surface area contributed by atoms with Crippen molar-refractivity contribution in [1.29, 1.82) is 0 Å². The van der Waals surface area contributed by atoms with E-state index in [9.17, 15) is 4.39 Å². The molecule has 6 heteroatoms. The topological polar surface area (TPSA) is 56.8 Å². The summed E-state index contributed by atoms with van der Waals surface area (Å²) in [6, 6.07) is 10.5. The summed E-state index contributed by atoms with van der Waals surface area (Å²) in [7, 11) is 1.62. The molecule has 1 aliphatic heterocycles. The smallest absolute Gasteiger partial charge is 0.283 e. The van der Waals surface area contributed by atoms with Crippen LogP contribution >= 0.6 is 15.9 Å². The van der Waals surface area contributed by atoms with Crippen molar-refractivity contribution in [1.82, 2.24) is 0 Å². The lowest BCUT2D eigenvalue weighted by molar-refractivity contribution is 0.278. The average molecular weight is 379 g/mol. The number of amidine groups is 1. The van der Waals surface area contributed by atoms with E-state index in [0.29, 0.717) is 10.0 Å². The second-order valence-electron chi connectivity index (χ2n) is 5.44. The van der Waals surface area contributed by atoms with Crippen LogP contribution in [-0.4, -0.2) is 19.7 Å². The van der Waals surface area contributed by atoms with Crippen LogP contribution in [0.3, 0.4) is 0 Å². The van der Waals surface area contributed by atoms with Crippen LogP contribution in [0.15, 0.2) is 45.9 Å². The van der Waals surface area contributed by atoms with Gasteiger partial charge in [0.15, 0.2) is 5.54 Å². The molecule has 1 aliphatic rings. The molecule has 120 valence electrons. The first-order valence-electron chi connectivity index (χ1n) is 7.04. The lowest BCUT2D eigenvalue weighted by atomic mass is 9.83. The zero-order valence-corrected chi connectivity index (χ0v) is 14.4. The van der Waals surface area contributed by atoms with E-state index in [2.05, 4.69) is 20.9 Å². The van der Waals surface area contributed by atoms with Gasteiger partial charge in [-0.2, -0.15) is 0 Å². The highest BCUT2D eigenvalue weighted by molar-refractivity contribution is 9.10. The Bertz CT molecular complexity index is 774. The summed E-state index contributed by atoms with van der Waals surface area (Å²) in [5, 5.41) is 0. The standard InChI is InChI=1S/C17H16BrFN2O2/c1-10-5-11(3-4-15(10)22-2)17(9-23-16(20)21-17)12-6-13(18)8-14(19)7-12/h3-8H,9H2,1-2H3,(H2,20,21)/t17-/m0/s1. The van der Waals surface area contributed by atoms with Crippen molar-refractivity contribution in [3.63, 3.8) is 0 Å². The predicted octanol–water partition coefficient (Wildman–Crippen LogP) is 3.49. The van der Waals surface area contributed by atoms with Gasteiger partial charge in [0.2, 0.25) is 0 Å². The number of aliphatic imine (C=N–C) groups is 1. The van der Waals surface area contributed by atoms with Gasteiger partial charge in [0.05, 0.1) is 7.11 Å². The Morgan fingerprint density at radius 3 is 2.61 bits per heavy atom. The molecule has 3 rings (SSSR count). The van der Waals surface area contributed by atoms with E-state index in [1.807, 2.05) is 31.2 Å². The summed E-state index contributed by atoms with van der Waals surface area (Å²) in [5.74, 6) is 0.430. The van der Waals surface area contributed by atoms with Crippen LogP contribution in [0.4, 0.5) is 4.39 Å². The number of hydrogen-bond acceptors (Lipinski definition) is 4. The highest BCUT2D eigenvalue weighted by Crippen LogP contribution is 2.40. The predicted molar refractivity (Wildman–Crippen MR) is 90.2 cm³/mol. The average Bonchev–Trinajstić information content (AvgIpc) is 2.89. The second-order valence-corrected chi connectivity index (χ2v) is 6.36. The van der Waals surface area contributed by atoms with Crippen LogP contribution in [0.25, 0.3) is 0 Å². The fourth-order valence-electron chi connectivity index (χ4n) is 2.82. The number of nitrogens with two attached hydrogens (primary N) is 1. The Balaban J connectivity index is 2.20. The number of hydrogen-bond donors (Lipinski definition) is 1. The first kappa shape index (κ1) is 15.8. The molecule has 0 unspecified atom stereocenters. The summed E-state index contributed by atoms with van der Waals surface area (Å²) in [6.45, 7) is 2.17. The van der Waals surface area contributed by atoms with Gasteiger partial charge in [-0.15, -0.1) is 0 Å². The van der Waals surface area contributed by atoms with E-state index in [-0.39, 0.29) is 18.4 Å². The Morgan fingerprint density at radius 2 is 2.04 bits per heavy atom. The number of benzene rings is 2. The Hall–Kier alpha value is -2.08. The third-order valence-corrected chi connectivity index (χ3v) is 4.40. The molecule has 2 aromatic carbocycles. The van der Waals surface area contributed by atoms with Gasteiger partial charge >= 0.3 is 0 Å². The molecule has 1 heterocycles. The minimum atomic E-state index is -0.869. The maximum atomic E-state index is 13.9. The molecule has 2 aromatic rings. The van der Waals surface area contributed by atoms with E-state index < -0.39 is 5.54 Å². The molecule has 1 atom stereocenters. The lowest BCUT2D eigenvalue weighted by Gasteiger charge is -2.26. The van der Waals surface area contributed by atoms with E-state index in [1.165, 1.54) is 12.1 Å². The van der Waals surface area contributed by atoms with Crippen LogP contribution in [0.2, 0.25) is 0 Å². The highest BCUT2D eigenvalue weighted by atomic mass is 79.9. The van der Waals surface area contributed by atoms with Crippen molar-refractivity contribution in [3.8, 4) is 5.75 Å². The summed E-state index contributed by atoms with van der Waals surface area (Å²) in [5.41, 5.74) is 7.39. The molecule has 0 saturated carbocycles. The van der Waals surface area contributed by atoms with Crippen LogP contribution in [0.5, 0.6) is 5.75 Å². The molecule has 2 N–H and O–H groups in total. The van der Waals surface area contributed by atoms with E-state index in [4.69, 9.17) is 15.2 Å². The lowest BCUT2D eigenvalue weighted by Crippen LogP contribution is -2.27. The van der Waals surface area contributed by atoms with Crippen LogP contribution in [0.1, 0.15) is 16.7 Å². The summed E-state index contributed by atoms with van der Waals surface area (Å²) >= 11 is 3.33. The molecule has 0 aliphatic carbocycles. The Morgan fingerprint density at radius 1 is 1.26 bits per heavy atom. The molecule has 0 fully saturated rings. The maximum Gasteiger partial charge on any atom is 0.283 e. The number of ether oxygens (including phenoxy) is 2. The molecule has 4 nitrogen and oxygen atoms in total. The largest absolute Gasteiger partial charge is 0.496 e. The number of rotatable bonds is 3. The Kier molecular flexibility index (Phi) is 4.02. The minimum Gasteiger partial charge on any atom is -0.496 e. The highest BCUT2D eigenvalue weighted by Gasteiger charge is 2.40. The van der Waals surface area contributed by atoms with Gasteiger partial charge in [0.25, 0.3) is 6.02 Å². The van der Waals surface area contributed by atoms with Crippen molar-refractivity contribution >= 4 is 22.0 Å². The Labute approximate surface area is 142 Å². The van der Waals surface area contributed by atoms with Gasteiger partial charge in [-0.05, 0) is 53.9 Å². The van der Waals surface area contributed by atoms with E-state index in [0.717, 1.165) is 16.9 Å². The van der Waals surface area contributed by atoms with Crippen molar-refractivity contribution in [2.24, 2.45) is 10.7 Å². The number of halogens is 2. The van der Waals surface area contributed by atoms with Crippen molar-refractivity contribution in [3.05, 3.63) is 63.4 Å². The first-order valence-corrected chi connectivity index (χ1v) is 7.84. The zero-order chi connectivity index (χ0) is 16.6. The van der Waals surface area contributed by atoms with Gasteiger partial charge in [0, 0.05) is 4.47 Å². The maximum absolute atomic E-state index is 13.9. The van der Waals surface area contributed by atoms with E-state index in [1.54, 1.807) is 7.11 Å². The molecule has 0 bridgehead atoms. The van der Waals surface area contributed by atoms with Crippen LogP contribution in [-0.2, 0) is 10.3 Å². The van der Waals surface area contributed by atoms with Crippen LogP contribution in [0, 0.1) is 12.7 Å². The second kappa shape index (κ2) is 5.85. The molecular formula is C17H16BrFN2O2. The normalized spacial score (nSPS) is 20.1. The molecular weight excluding hydrogens is 363 g/mol. The summed E-state index contributed by atoms with van der Waals surface area (Å²) < 4.78 is 25.2. The van der Waals surface area contributed by atoms with Gasteiger partial charge in [-0.25, -0.2) is 9.38 Å². The van der Waals surface area contributed by atoms with Gasteiger partial charge in [-0.3, -0.25) is 0 Å². The minimum absolute atomic E-state index is 0.0962. The molecule has 0 amide bonds. The number of methoxy groups -OCH3 is 1. The third kappa shape index (κ3) is 2.79. The van der Waals surface area contributed by atoms with Crippen molar-refractivity contribution < 1.29 is 13.9 Å². The van der Waals surface area contributed by atoms with Crippen molar-refractivity contribution in [2.75, 3.05) is 13.7 Å². The molecule has 0 spiro atoms. The van der Waals surface area contributed by atoms with Crippen molar-refractivity contribution in [2.45, 2.75) is 12.5 Å². The van der Waals surface area contributed by atoms with Gasteiger partial charge in [0.1, 0.15) is 18.2 Å².